The maximum atomic E-state index is 5.82. The van der Waals surface area contributed by atoms with Gasteiger partial charge in [0.05, 0.1) is 0 Å². The SMILES string of the molecule is CN1CC(CN)CC1c1cccc2c1CCC2. The largest absolute Gasteiger partial charge is 0.330 e. The molecule has 2 aliphatic rings. The van der Waals surface area contributed by atoms with Crippen LogP contribution in [0.4, 0.5) is 0 Å². The molecule has 1 fully saturated rings. The summed E-state index contributed by atoms with van der Waals surface area (Å²) in [4.78, 5) is 2.49. The molecule has 1 aromatic rings. The minimum absolute atomic E-state index is 0.608. The lowest BCUT2D eigenvalue weighted by atomic mass is 9.94. The van der Waals surface area contributed by atoms with Crippen LogP contribution in [0.1, 0.15) is 35.6 Å². The number of aryl methyl sites for hydroxylation is 1. The minimum Gasteiger partial charge on any atom is -0.330 e. The molecule has 0 bridgehead atoms. The van der Waals surface area contributed by atoms with Gasteiger partial charge in [0.2, 0.25) is 0 Å². The van der Waals surface area contributed by atoms with Crippen molar-refractivity contribution in [2.45, 2.75) is 31.7 Å². The zero-order chi connectivity index (χ0) is 11.8. The van der Waals surface area contributed by atoms with E-state index < -0.39 is 0 Å². The lowest BCUT2D eigenvalue weighted by molar-refractivity contribution is 0.312. The molecule has 0 saturated carbocycles. The Kier molecular flexibility index (Phi) is 2.93. The molecule has 0 spiro atoms. The number of nitrogens with two attached hydrogens (primary N) is 1. The molecule has 0 aromatic heterocycles. The summed E-state index contributed by atoms with van der Waals surface area (Å²) in [5.41, 5.74) is 10.6. The quantitative estimate of drug-likeness (QED) is 0.843. The van der Waals surface area contributed by atoms with Gasteiger partial charge in [-0.15, -0.1) is 0 Å². The molecular formula is C15H22N2. The molecule has 1 aliphatic heterocycles. The summed E-state index contributed by atoms with van der Waals surface area (Å²) in [5, 5.41) is 0. The van der Waals surface area contributed by atoms with E-state index in [9.17, 15) is 0 Å². The number of likely N-dealkylation sites (tertiary alicyclic amines) is 1. The number of fused-ring (bicyclic) bond motifs is 1. The number of rotatable bonds is 2. The molecule has 92 valence electrons. The second-order valence-electron chi connectivity index (χ2n) is 5.63. The van der Waals surface area contributed by atoms with Gasteiger partial charge in [-0.1, -0.05) is 18.2 Å². The minimum atomic E-state index is 0.608. The van der Waals surface area contributed by atoms with Crippen LogP contribution >= 0.6 is 0 Å². The molecule has 2 N–H and O–H groups in total. The molecule has 0 radical (unpaired) electrons. The Morgan fingerprint density at radius 2 is 2.24 bits per heavy atom. The predicted octanol–water partition coefficient (Wildman–Crippen LogP) is 2.13. The van der Waals surface area contributed by atoms with Crippen molar-refractivity contribution >= 4 is 0 Å². The zero-order valence-corrected chi connectivity index (χ0v) is 10.7. The van der Waals surface area contributed by atoms with E-state index in [0.29, 0.717) is 12.0 Å². The second-order valence-corrected chi connectivity index (χ2v) is 5.63. The highest BCUT2D eigenvalue weighted by atomic mass is 15.2. The third kappa shape index (κ3) is 1.90. The van der Waals surface area contributed by atoms with Crippen molar-refractivity contribution in [2.24, 2.45) is 11.7 Å². The summed E-state index contributed by atoms with van der Waals surface area (Å²) in [7, 11) is 2.24. The molecule has 0 amide bonds. The van der Waals surface area contributed by atoms with Crippen molar-refractivity contribution < 1.29 is 0 Å². The third-order valence-corrected chi connectivity index (χ3v) is 4.51. The van der Waals surface area contributed by atoms with Crippen LogP contribution in [0.3, 0.4) is 0 Å². The highest BCUT2D eigenvalue weighted by Crippen LogP contribution is 2.38. The lowest BCUT2D eigenvalue weighted by Crippen LogP contribution is -2.21. The van der Waals surface area contributed by atoms with Crippen molar-refractivity contribution in [2.75, 3.05) is 20.1 Å². The van der Waals surface area contributed by atoms with E-state index in [1.165, 1.54) is 25.7 Å². The monoisotopic (exact) mass is 230 g/mol. The van der Waals surface area contributed by atoms with E-state index in [2.05, 4.69) is 30.1 Å². The molecule has 1 heterocycles. The van der Waals surface area contributed by atoms with Crippen molar-refractivity contribution in [3.63, 3.8) is 0 Å². The first kappa shape index (κ1) is 11.2. The Hall–Kier alpha value is -0.860. The average Bonchev–Trinajstić information content (AvgIpc) is 2.94. The van der Waals surface area contributed by atoms with Crippen molar-refractivity contribution in [3.05, 3.63) is 34.9 Å². The van der Waals surface area contributed by atoms with Crippen LogP contribution in [0.15, 0.2) is 18.2 Å². The standard InChI is InChI=1S/C15H22N2/c1-17-10-11(9-16)8-15(17)14-7-3-5-12-4-2-6-13(12)14/h3,5,7,11,15H,2,4,6,8-10,16H2,1H3. The van der Waals surface area contributed by atoms with Gasteiger partial charge in [0.1, 0.15) is 0 Å². The fourth-order valence-corrected chi connectivity index (χ4v) is 3.60. The van der Waals surface area contributed by atoms with E-state index in [4.69, 9.17) is 5.73 Å². The normalized spacial score (nSPS) is 28.6. The van der Waals surface area contributed by atoms with Gasteiger partial charge in [0.15, 0.2) is 0 Å². The lowest BCUT2D eigenvalue weighted by Gasteiger charge is -2.22. The van der Waals surface area contributed by atoms with E-state index >= 15 is 0 Å². The van der Waals surface area contributed by atoms with Crippen LogP contribution in [0.2, 0.25) is 0 Å². The predicted molar refractivity (Wildman–Crippen MR) is 71.0 cm³/mol. The van der Waals surface area contributed by atoms with Crippen LogP contribution < -0.4 is 5.73 Å². The Bertz CT molecular complexity index is 413. The van der Waals surface area contributed by atoms with Gasteiger partial charge in [0.25, 0.3) is 0 Å². The third-order valence-electron chi connectivity index (χ3n) is 4.51. The summed E-state index contributed by atoms with van der Waals surface area (Å²) >= 11 is 0. The topological polar surface area (TPSA) is 29.3 Å². The van der Waals surface area contributed by atoms with Gasteiger partial charge in [-0.25, -0.2) is 0 Å². The van der Waals surface area contributed by atoms with Crippen LogP contribution in [0, 0.1) is 5.92 Å². The Morgan fingerprint density at radius 3 is 3.00 bits per heavy atom. The summed E-state index contributed by atoms with van der Waals surface area (Å²) < 4.78 is 0. The Balaban J connectivity index is 1.92. The fourth-order valence-electron chi connectivity index (χ4n) is 3.60. The molecule has 2 atom stereocenters. The van der Waals surface area contributed by atoms with Gasteiger partial charge in [-0.05, 0) is 61.9 Å². The van der Waals surface area contributed by atoms with E-state index in [1.807, 2.05) is 0 Å². The van der Waals surface area contributed by atoms with Gasteiger partial charge in [0, 0.05) is 12.6 Å². The molecule has 1 aromatic carbocycles. The number of nitrogens with zero attached hydrogens (tertiary/aromatic N) is 1. The van der Waals surface area contributed by atoms with Gasteiger partial charge >= 0.3 is 0 Å². The van der Waals surface area contributed by atoms with Crippen molar-refractivity contribution in [1.82, 2.24) is 4.90 Å². The number of hydrogen-bond acceptors (Lipinski definition) is 2. The van der Waals surface area contributed by atoms with Crippen LogP contribution in [-0.2, 0) is 12.8 Å². The molecule has 2 unspecified atom stereocenters. The summed E-state index contributed by atoms with van der Waals surface area (Å²) in [5.74, 6) is 0.683. The van der Waals surface area contributed by atoms with Gasteiger partial charge < -0.3 is 5.73 Å². The van der Waals surface area contributed by atoms with Crippen LogP contribution in [0.5, 0.6) is 0 Å². The second kappa shape index (κ2) is 4.43. The first-order valence-electron chi connectivity index (χ1n) is 6.80. The first-order chi connectivity index (χ1) is 8.29. The fraction of sp³-hybridized carbons (Fsp3) is 0.600. The number of benzene rings is 1. The number of hydrogen-bond donors (Lipinski definition) is 1. The highest BCUT2D eigenvalue weighted by Gasteiger charge is 2.31. The summed E-state index contributed by atoms with van der Waals surface area (Å²) in [6.07, 6.45) is 5.13. The molecular weight excluding hydrogens is 208 g/mol. The maximum Gasteiger partial charge on any atom is 0.0351 e. The Labute approximate surface area is 104 Å². The summed E-state index contributed by atoms with van der Waals surface area (Å²) in [6, 6.07) is 7.49. The van der Waals surface area contributed by atoms with Crippen LogP contribution in [0.25, 0.3) is 0 Å². The summed E-state index contributed by atoms with van der Waals surface area (Å²) in [6.45, 7) is 1.99. The molecule has 2 nitrogen and oxygen atoms in total. The van der Waals surface area contributed by atoms with E-state index in [-0.39, 0.29) is 0 Å². The zero-order valence-electron chi connectivity index (χ0n) is 10.7. The smallest absolute Gasteiger partial charge is 0.0351 e. The first-order valence-corrected chi connectivity index (χ1v) is 6.80. The van der Waals surface area contributed by atoms with Crippen molar-refractivity contribution in [1.29, 1.82) is 0 Å². The average molecular weight is 230 g/mol. The highest BCUT2D eigenvalue weighted by molar-refractivity contribution is 5.40. The van der Waals surface area contributed by atoms with Gasteiger partial charge in [-0.2, -0.15) is 0 Å². The van der Waals surface area contributed by atoms with E-state index in [1.54, 1.807) is 16.7 Å². The van der Waals surface area contributed by atoms with Crippen molar-refractivity contribution in [3.8, 4) is 0 Å². The van der Waals surface area contributed by atoms with E-state index in [0.717, 1.165) is 13.1 Å². The molecule has 1 aliphatic carbocycles. The Morgan fingerprint density at radius 1 is 1.35 bits per heavy atom. The molecule has 1 saturated heterocycles. The molecule has 3 rings (SSSR count). The molecule has 2 heteroatoms. The van der Waals surface area contributed by atoms with Gasteiger partial charge in [-0.3, -0.25) is 4.90 Å². The van der Waals surface area contributed by atoms with Crippen LogP contribution in [-0.4, -0.2) is 25.0 Å². The maximum absolute atomic E-state index is 5.82. The molecule has 17 heavy (non-hydrogen) atoms.